The van der Waals surface area contributed by atoms with Gasteiger partial charge in [-0.25, -0.2) is 4.39 Å². The number of carbonyl (C=O) groups excluding carboxylic acids is 2. The highest BCUT2D eigenvalue weighted by molar-refractivity contribution is 5.94. The number of halogens is 1. The summed E-state index contributed by atoms with van der Waals surface area (Å²) in [6, 6.07) is 5.63. The molecule has 1 unspecified atom stereocenters. The van der Waals surface area contributed by atoms with Crippen LogP contribution in [0.25, 0.3) is 0 Å². The van der Waals surface area contributed by atoms with Crippen LogP contribution in [0.4, 0.5) is 10.1 Å². The zero-order chi connectivity index (χ0) is 18.6. The zero-order valence-corrected chi connectivity index (χ0v) is 14.9. The van der Waals surface area contributed by atoms with Gasteiger partial charge in [0.1, 0.15) is 5.82 Å². The molecule has 0 aliphatic rings. The summed E-state index contributed by atoms with van der Waals surface area (Å²) in [5.74, 6) is -0.937. The lowest BCUT2D eigenvalue weighted by molar-refractivity contribution is -0.133. The summed E-state index contributed by atoms with van der Waals surface area (Å²) >= 11 is 0. The Kier molecular flexibility index (Phi) is 5.90. The normalized spacial score (nSPS) is 11.9. The number of amides is 2. The van der Waals surface area contributed by atoms with E-state index in [4.69, 9.17) is 0 Å². The second kappa shape index (κ2) is 7.92. The van der Waals surface area contributed by atoms with Gasteiger partial charge in [-0.2, -0.15) is 5.10 Å². The topological polar surface area (TPSA) is 78.1 Å². The third kappa shape index (κ3) is 4.89. The number of rotatable bonds is 6. The van der Waals surface area contributed by atoms with Crippen molar-refractivity contribution in [3.05, 3.63) is 47.0 Å². The van der Waals surface area contributed by atoms with Crippen LogP contribution < -0.4 is 5.32 Å². The van der Waals surface area contributed by atoms with Crippen molar-refractivity contribution in [1.82, 2.24) is 15.1 Å². The molecular weight excluding hydrogens is 323 g/mol. The minimum absolute atomic E-state index is 0.0000181. The standard InChI is InChI=1S/C18H23FN4O2/c1-11(18-12(2)21-22-13(18)3)8-17(25)23(4)10-16(24)20-15-7-5-6-14(19)9-15/h5-7,9,11H,8,10H2,1-4H3,(H,20,24)(H,21,22). The van der Waals surface area contributed by atoms with Gasteiger partial charge >= 0.3 is 0 Å². The largest absolute Gasteiger partial charge is 0.336 e. The molecule has 6 nitrogen and oxygen atoms in total. The van der Waals surface area contributed by atoms with Gasteiger partial charge in [0, 0.05) is 24.8 Å². The fourth-order valence-electron chi connectivity index (χ4n) is 2.88. The first-order valence-electron chi connectivity index (χ1n) is 8.08. The van der Waals surface area contributed by atoms with Gasteiger partial charge in [0.2, 0.25) is 11.8 Å². The van der Waals surface area contributed by atoms with Gasteiger partial charge in [0.05, 0.1) is 12.2 Å². The van der Waals surface area contributed by atoms with E-state index in [2.05, 4.69) is 15.5 Å². The maximum absolute atomic E-state index is 13.1. The molecule has 1 atom stereocenters. The molecule has 2 amide bonds. The van der Waals surface area contributed by atoms with Gasteiger partial charge < -0.3 is 10.2 Å². The summed E-state index contributed by atoms with van der Waals surface area (Å²) in [4.78, 5) is 25.8. The summed E-state index contributed by atoms with van der Waals surface area (Å²) in [7, 11) is 1.58. The number of likely N-dealkylation sites (N-methyl/N-ethyl adjacent to an activating group) is 1. The number of hydrogen-bond donors (Lipinski definition) is 2. The van der Waals surface area contributed by atoms with E-state index in [0.29, 0.717) is 5.69 Å². The quantitative estimate of drug-likeness (QED) is 0.844. The highest BCUT2D eigenvalue weighted by Gasteiger charge is 2.20. The molecule has 0 radical (unpaired) electrons. The van der Waals surface area contributed by atoms with Gasteiger partial charge in [-0.15, -0.1) is 0 Å². The lowest BCUT2D eigenvalue weighted by atomic mass is 9.95. The Morgan fingerprint density at radius 3 is 2.68 bits per heavy atom. The summed E-state index contributed by atoms with van der Waals surface area (Å²) in [5, 5.41) is 9.64. The van der Waals surface area contributed by atoms with Gasteiger partial charge in [-0.1, -0.05) is 13.0 Å². The van der Waals surface area contributed by atoms with Crippen LogP contribution in [0.5, 0.6) is 0 Å². The molecule has 2 rings (SSSR count). The molecule has 0 bridgehead atoms. The van der Waals surface area contributed by atoms with Gasteiger partial charge in [-0.05, 0) is 43.5 Å². The van der Waals surface area contributed by atoms with E-state index >= 15 is 0 Å². The van der Waals surface area contributed by atoms with E-state index in [0.717, 1.165) is 17.0 Å². The first-order chi connectivity index (χ1) is 11.8. The Morgan fingerprint density at radius 1 is 1.36 bits per heavy atom. The summed E-state index contributed by atoms with van der Waals surface area (Å²) in [5.41, 5.74) is 3.23. The van der Waals surface area contributed by atoms with Crippen LogP contribution in [0.2, 0.25) is 0 Å². The molecule has 2 aromatic rings. The van der Waals surface area contributed by atoms with E-state index in [9.17, 15) is 14.0 Å². The molecule has 0 fully saturated rings. The van der Waals surface area contributed by atoms with Crippen molar-refractivity contribution in [2.75, 3.05) is 18.9 Å². The fraction of sp³-hybridized carbons (Fsp3) is 0.389. The molecule has 0 saturated carbocycles. The SMILES string of the molecule is Cc1n[nH]c(C)c1C(C)CC(=O)N(C)CC(=O)Nc1cccc(F)c1. The van der Waals surface area contributed by atoms with Gasteiger partial charge in [0.25, 0.3) is 0 Å². The van der Waals surface area contributed by atoms with Crippen LogP contribution in [-0.4, -0.2) is 40.5 Å². The Balaban J connectivity index is 1.90. The van der Waals surface area contributed by atoms with Crippen molar-refractivity contribution >= 4 is 17.5 Å². The molecule has 2 N–H and O–H groups in total. The molecular formula is C18H23FN4O2. The molecule has 7 heteroatoms. The third-order valence-corrected chi connectivity index (χ3v) is 4.07. The first-order valence-corrected chi connectivity index (χ1v) is 8.08. The average Bonchev–Trinajstić information content (AvgIpc) is 2.85. The number of aromatic amines is 1. The molecule has 25 heavy (non-hydrogen) atoms. The van der Waals surface area contributed by atoms with Crippen molar-refractivity contribution in [2.24, 2.45) is 0 Å². The predicted molar refractivity (Wildman–Crippen MR) is 93.8 cm³/mol. The maximum atomic E-state index is 13.1. The number of hydrogen-bond acceptors (Lipinski definition) is 3. The van der Waals surface area contributed by atoms with Gasteiger partial charge in [0.15, 0.2) is 0 Å². The predicted octanol–water partition coefficient (Wildman–Crippen LogP) is 2.76. The monoisotopic (exact) mass is 346 g/mol. The molecule has 1 heterocycles. The smallest absolute Gasteiger partial charge is 0.243 e. The fourth-order valence-corrected chi connectivity index (χ4v) is 2.88. The average molecular weight is 346 g/mol. The van der Waals surface area contributed by atoms with Crippen molar-refractivity contribution in [3.63, 3.8) is 0 Å². The van der Waals surface area contributed by atoms with E-state index in [1.54, 1.807) is 13.1 Å². The molecule has 1 aromatic heterocycles. The van der Waals surface area contributed by atoms with Crippen LogP contribution in [-0.2, 0) is 9.59 Å². The summed E-state index contributed by atoms with van der Waals surface area (Å²) in [6.45, 7) is 5.69. The van der Waals surface area contributed by atoms with E-state index < -0.39 is 5.82 Å². The summed E-state index contributed by atoms with van der Waals surface area (Å²) in [6.07, 6.45) is 0.283. The Hall–Kier alpha value is -2.70. The van der Waals surface area contributed by atoms with Crippen molar-refractivity contribution in [1.29, 1.82) is 0 Å². The minimum Gasteiger partial charge on any atom is -0.336 e. The number of nitrogens with zero attached hydrogens (tertiary/aromatic N) is 2. The molecule has 0 spiro atoms. The third-order valence-electron chi connectivity index (χ3n) is 4.07. The Bertz CT molecular complexity index is 753. The van der Waals surface area contributed by atoms with E-state index in [1.807, 2.05) is 20.8 Å². The van der Waals surface area contributed by atoms with E-state index in [-0.39, 0.29) is 30.7 Å². The zero-order valence-electron chi connectivity index (χ0n) is 14.9. The Morgan fingerprint density at radius 2 is 2.08 bits per heavy atom. The number of H-pyrrole nitrogens is 1. The van der Waals surface area contributed by atoms with Crippen LogP contribution in [0, 0.1) is 19.7 Å². The van der Waals surface area contributed by atoms with Gasteiger partial charge in [-0.3, -0.25) is 14.7 Å². The number of anilines is 1. The Labute approximate surface area is 146 Å². The second-order valence-corrected chi connectivity index (χ2v) is 6.26. The van der Waals surface area contributed by atoms with E-state index in [1.165, 1.54) is 23.1 Å². The number of aryl methyl sites for hydroxylation is 2. The van der Waals surface area contributed by atoms with Crippen LogP contribution in [0.3, 0.4) is 0 Å². The maximum Gasteiger partial charge on any atom is 0.243 e. The molecule has 134 valence electrons. The number of nitrogens with one attached hydrogen (secondary N) is 2. The first kappa shape index (κ1) is 18.6. The highest BCUT2D eigenvalue weighted by Crippen LogP contribution is 2.24. The minimum atomic E-state index is -0.429. The van der Waals surface area contributed by atoms with Crippen LogP contribution in [0.15, 0.2) is 24.3 Å². The van der Waals surface area contributed by atoms with Crippen molar-refractivity contribution in [3.8, 4) is 0 Å². The van der Waals surface area contributed by atoms with Crippen LogP contribution >= 0.6 is 0 Å². The summed E-state index contributed by atoms with van der Waals surface area (Å²) < 4.78 is 13.1. The van der Waals surface area contributed by atoms with Crippen LogP contribution in [0.1, 0.15) is 36.2 Å². The number of aromatic nitrogens is 2. The van der Waals surface area contributed by atoms with Crippen molar-refractivity contribution in [2.45, 2.75) is 33.1 Å². The lowest BCUT2D eigenvalue weighted by Crippen LogP contribution is -2.35. The molecule has 0 aliphatic carbocycles. The molecule has 1 aromatic carbocycles. The highest BCUT2D eigenvalue weighted by atomic mass is 19.1. The number of carbonyl (C=O) groups is 2. The lowest BCUT2D eigenvalue weighted by Gasteiger charge is -2.19. The molecule has 0 saturated heterocycles. The number of benzene rings is 1. The second-order valence-electron chi connectivity index (χ2n) is 6.26. The van der Waals surface area contributed by atoms with Crippen molar-refractivity contribution < 1.29 is 14.0 Å². The molecule has 0 aliphatic heterocycles.